The molecular weight excluding hydrogens is 400 g/mol. The second kappa shape index (κ2) is 8.00. The van der Waals surface area contributed by atoms with E-state index < -0.39 is 5.97 Å². The lowest BCUT2D eigenvalue weighted by Gasteiger charge is -2.12. The summed E-state index contributed by atoms with van der Waals surface area (Å²) >= 11 is 1.21. The van der Waals surface area contributed by atoms with Gasteiger partial charge in [0.05, 0.1) is 24.2 Å². The van der Waals surface area contributed by atoms with Gasteiger partial charge in [0.15, 0.2) is 5.82 Å². The fraction of sp³-hybridized carbons (Fsp3) is 0.136. The van der Waals surface area contributed by atoms with Crippen molar-refractivity contribution in [2.45, 2.75) is 13.8 Å². The van der Waals surface area contributed by atoms with Gasteiger partial charge in [-0.15, -0.1) is 11.3 Å². The summed E-state index contributed by atoms with van der Waals surface area (Å²) in [6.07, 6.45) is 3.73. The molecule has 0 unspecified atom stereocenters. The molecule has 0 atom stereocenters. The van der Waals surface area contributed by atoms with Gasteiger partial charge in [-0.2, -0.15) is 5.10 Å². The second-order valence-electron chi connectivity index (χ2n) is 6.73. The van der Waals surface area contributed by atoms with Gasteiger partial charge >= 0.3 is 5.97 Å². The smallest absolute Gasteiger partial charge is 0.350 e. The summed E-state index contributed by atoms with van der Waals surface area (Å²) in [5.74, 6) is -0.218. The van der Waals surface area contributed by atoms with Gasteiger partial charge in [-0.3, -0.25) is 4.79 Å². The van der Waals surface area contributed by atoms with Crippen LogP contribution in [0.4, 0.5) is 5.69 Å². The number of hydrogen-bond donors (Lipinski definition) is 1. The molecule has 7 nitrogen and oxygen atoms in total. The van der Waals surface area contributed by atoms with E-state index in [-0.39, 0.29) is 5.91 Å². The van der Waals surface area contributed by atoms with Crippen LogP contribution in [-0.4, -0.2) is 33.3 Å². The van der Waals surface area contributed by atoms with Crippen molar-refractivity contribution < 1.29 is 14.3 Å². The molecule has 1 amide bonds. The number of rotatable bonds is 5. The molecule has 0 aliphatic heterocycles. The minimum atomic E-state index is -0.488. The minimum absolute atomic E-state index is 0.344. The number of thiophene rings is 1. The van der Waals surface area contributed by atoms with Crippen molar-refractivity contribution in [2.75, 3.05) is 12.4 Å². The lowest BCUT2D eigenvalue weighted by atomic mass is 10.2. The SMILES string of the molecule is COC(=O)c1sccc1NC(=O)c1c(C)nn(-c2ccc(C)cc2)c1-n1cccc1. The molecule has 8 heteroatoms. The second-order valence-corrected chi connectivity index (χ2v) is 7.65. The normalized spacial score (nSPS) is 10.8. The first kappa shape index (κ1) is 19.7. The predicted octanol–water partition coefficient (Wildman–Crippen LogP) is 4.38. The molecule has 0 aliphatic carbocycles. The maximum Gasteiger partial charge on any atom is 0.350 e. The molecule has 152 valence electrons. The molecule has 0 saturated heterocycles. The lowest BCUT2D eigenvalue weighted by Crippen LogP contribution is -2.17. The Labute approximate surface area is 177 Å². The number of benzene rings is 1. The number of methoxy groups -OCH3 is 1. The molecule has 0 spiro atoms. The van der Waals surface area contributed by atoms with Crippen LogP contribution >= 0.6 is 11.3 Å². The lowest BCUT2D eigenvalue weighted by molar-refractivity contribution is 0.0607. The summed E-state index contributed by atoms with van der Waals surface area (Å²) in [6.45, 7) is 3.81. The Morgan fingerprint density at radius 1 is 1.07 bits per heavy atom. The van der Waals surface area contributed by atoms with Crippen molar-refractivity contribution in [3.63, 3.8) is 0 Å². The molecule has 4 rings (SSSR count). The van der Waals surface area contributed by atoms with Crippen LogP contribution < -0.4 is 5.32 Å². The average molecular weight is 420 g/mol. The van der Waals surface area contributed by atoms with Crippen molar-refractivity contribution in [3.05, 3.63) is 81.9 Å². The summed E-state index contributed by atoms with van der Waals surface area (Å²) in [5, 5.41) is 9.21. The number of esters is 1. The molecule has 0 bridgehead atoms. The molecule has 0 fully saturated rings. The van der Waals surface area contributed by atoms with E-state index in [0.29, 0.717) is 27.6 Å². The highest BCUT2D eigenvalue weighted by molar-refractivity contribution is 7.12. The predicted molar refractivity (Wildman–Crippen MR) is 116 cm³/mol. The van der Waals surface area contributed by atoms with E-state index in [1.807, 2.05) is 60.3 Å². The first-order chi connectivity index (χ1) is 14.5. The van der Waals surface area contributed by atoms with E-state index in [0.717, 1.165) is 11.3 Å². The third-order valence-electron chi connectivity index (χ3n) is 4.67. The highest BCUT2D eigenvalue weighted by atomic mass is 32.1. The number of amides is 1. The average Bonchev–Trinajstić information content (AvgIpc) is 3.47. The van der Waals surface area contributed by atoms with Crippen molar-refractivity contribution in [1.29, 1.82) is 0 Å². The van der Waals surface area contributed by atoms with E-state index in [2.05, 4.69) is 10.4 Å². The fourth-order valence-electron chi connectivity index (χ4n) is 3.20. The van der Waals surface area contributed by atoms with Gasteiger partial charge in [0.2, 0.25) is 0 Å². The molecule has 1 aromatic carbocycles. The van der Waals surface area contributed by atoms with E-state index in [1.165, 1.54) is 18.4 Å². The van der Waals surface area contributed by atoms with Crippen molar-refractivity contribution in [3.8, 4) is 11.5 Å². The van der Waals surface area contributed by atoms with E-state index in [9.17, 15) is 9.59 Å². The molecule has 1 N–H and O–H groups in total. The number of anilines is 1. The number of carbonyl (C=O) groups excluding carboxylic acids is 2. The molecule has 0 aliphatic rings. The van der Waals surface area contributed by atoms with Crippen LogP contribution in [0.25, 0.3) is 11.5 Å². The quantitative estimate of drug-likeness (QED) is 0.486. The third kappa shape index (κ3) is 3.53. The van der Waals surface area contributed by atoms with Crippen LogP contribution in [0.2, 0.25) is 0 Å². The molecule has 30 heavy (non-hydrogen) atoms. The van der Waals surface area contributed by atoms with Gasteiger partial charge in [0, 0.05) is 12.4 Å². The van der Waals surface area contributed by atoms with Crippen LogP contribution in [0.1, 0.15) is 31.3 Å². The zero-order valence-corrected chi connectivity index (χ0v) is 17.6. The zero-order chi connectivity index (χ0) is 21.3. The summed E-state index contributed by atoms with van der Waals surface area (Å²) in [4.78, 5) is 25.6. The van der Waals surface area contributed by atoms with Gasteiger partial charge in [-0.05, 0) is 49.6 Å². The number of hydrogen-bond acceptors (Lipinski definition) is 5. The van der Waals surface area contributed by atoms with Gasteiger partial charge in [0.1, 0.15) is 10.4 Å². The van der Waals surface area contributed by atoms with Crippen LogP contribution in [0, 0.1) is 13.8 Å². The molecular formula is C22H20N4O3S. The number of carbonyl (C=O) groups is 2. The Bertz CT molecular complexity index is 1200. The topological polar surface area (TPSA) is 78.2 Å². The van der Waals surface area contributed by atoms with Crippen LogP contribution in [-0.2, 0) is 4.74 Å². The maximum absolute atomic E-state index is 13.3. The maximum atomic E-state index is 13.3. The van der Waals surface area contributed by atoms with Crippen molar-refractivity contribution >= 4 is 28.9 Å². The van der Waals surface area contributed by atoms with E-state index >= 15 is 0 Å². The number of nitrogens with one attached hydrogen (secondary N) is 1. The van der Waals surface area contributed by atoms with Crippen molar-refractivity contribution in [1.82, 2.24) is 14.3 Å². The van der Waals surface area contributed by atoms with Gasteiger partial charge in [0.25, 0.3) is 5.91 Å². The van der Waals surface area contributed by atoms with Crippen molar-refractivity contribution in [2.24, 2.45) is 0 Å². The number of aromatic nitrogens is 3. The first-order valence-corrected chi connectivity index (χ1v) is 10.1. The highest BCUT2D eigenvalue weighted by Crippen LogP contribution is 2.27. The first-order valence-electron chi connectivity index (χ1n) is 9.26. The Hall–Kier alpha value is -3.65. The number of ether oxygens (including phenoxy) is 1. The monoisotopic (exact) mass is 420 g/mol. The highest BCUT2D eigenvalue weighted by Gasteiger charge is 2.25. The summed E-state index contributed by atoms with van der Waals surface area (Å²) in [6, 6.07) is 13.4. The number of aryl methyl sites for hydroxylation is 2. The Morgan fingerprint density at radius 2 is 1.77 bits per heavy atom. The molecule has 0 saturated carbocycles. The van der Waals surface area contributed by atoms with Crippen LogP contribution in [0.15, 0.2) is 60.2 Å². The third-order valence-corrected chi connectivity index (χ3v) is 5.57. The summed E-state index contributed by atoms with van der Waals surface area (Å²) in [7, 11) is 1.31. The number of nitrogens with zero attached hydrogens (tertiary/aromatic N) is 3. The zero-order valence-electron chi connectivity index (χ0n) is 16.7. The van der Waals surface area contributed by atoms with Gasteiger partial charge in [-0.25, -0.2) is 9.48 Å². The molecule has 4 aromatic rings. The Morgan fingerprint density at radius 3 is 2.43 bits per heavy atom. The van der Waals surface area contributed by atoms with E-state index in [4.69, 9.17) is 4.74 Å². The largest absolute Gasteiger partial charge is 0.465 e. The van der Waals surface area contributed by atoms with Gasteiger partial charge in [-0.1, -0.05) is 17.7 Å². The Kier molecular flexibility index (Phi) is 5.24. The Balaban J connectivity index is 1.80. The molecule has 3 aromatic heterocycles. The summed E-state index contributed by atoms with van der Waals surface area (Å²) < 4.78 is 8.40. The van der Waals surface area contributed by atoms with Crippen LogP contribution in [0.3, 0.4) is 0 Å². The standard InChI is InChI=1S/C22H20N4O3S/c1-14-6-8-16(9-7-14)26-21(25-11-4-5-12-25)18(15(2)24-26)20(27)23-17-10-13-30-19(17)22(28)29-3/h4-13H,1-3H3,(H,23,27). The fourth-order valence-corrected chi connectivity index (χ4v) is 3.97. The van der Waals surface area contributed by atoms with Gasteiger partial charge < -0.3 is 14.6 Å². The molecule has 0 radical (unpaired) electrons. The van der Waals surface area contributed by atoms with E-state index in [1.54, 1.807) is 23.1 Å². The minimum Gasteiger partial charge on any atom is -0.465 e. The molecule has 3 heterocycles. The summed E-state index contributed by atoms with van der Waals surface area (Å²) in [5.41, 5.74) is 3.39. The van der Waals surface area contributed by atoms with Crippen LogP contribution in [0.5, 0.6) is 0 Å².